The summed E-state index contributed by atoms with van der Waals surface area (Å²) < 4.78 is 15.4. The molecule has 0 amide bonds. The number of benzene rings is 2. The van der Waals surface area contributed by atoms with Crippen molar-refractivity contribution < 1.29 is 24.2 Å². The lowest BCUT2D eigenvalue weighted by molar-refractivity contribution is 0.340. The lowest BCUT2D eigenvalue weighted by Gasteiger charge is -2.09. The Morgan fingerprint density at radius 1 is 1.00 bits per heavy atom. The van der Waals surface area contributed by atoms with E-state index in [2.05, 4.69) is 10.1 Å². The highest BCUT2D eigenvalue weighted by molar-refractivity contribution is 5.71. The van der Waals surface area contributed by atoms with Crippen LogP contribution in [0.1, 0.15) is 11.4 Å². The van der Waals surface area contributed by atoms with E-state index in [0.717, 1.165) is 5.56 Å². The Kier molecular flexibility index (Phi) is 4.56. The number of nitrogens with zero attached hydrogens (tertiary/aromatic N) is 2. The number of phenols is 2. The Labute approximate surface area is 143 Å². The van der Waals surface area contributed by atoms with Crippen LogP contribution in [0.15, 0.2) is 40.9 Å². The number of hydrogen-bond acceptors (Lipinski definition) is 7. The lowest BCUT2D eigenvalue weighted by Crippen LogP contribution is -1.90. The quantitative estimate of drug-likeness (QED) is 0.735. The zero-order chi connectivity index (χ0) is 17.8. The largest absolute Gasteiger partial charge is 0.507 e. The number of phenolic OH excluding ortho intramolecular Hbond substituents is 2. The summed E-state index contributed by atoms with van der Waals surface area (Å²) in [5.41, 5.74) is 1.18. The third kappa shape index (κ3) is 3.40. The molecule has 0 atom stereocenters. The van der Waals surface area contributed by atoms with Crippen molar-refractivity contribution in [1.29, 1.82) is 0 Å². The van der Waals surface area contributed by atoms with E-state index in [4.69, 9.17) is 14.0 Å². The number of rotatable bonds is 5. The zero-order valence-electron chi connectivity index (χ0n) is 13.6. The van der Waals surface area contributed by atoms with Crippen molar-refractivity contribution in [1.82, 2.24) is 10.1 Å². The second-order valence-electron chi connectivity index (χ2n) is 5.08. The SMILES string of the molecule is COc1cc(/C=C/c2noc(-c3ccccc3O)n2)cc(OC)c1O. The number of para-hydroxylation sites is 1. The molecule has 0 unspecified atom stereocenters. The first-order valence-electron chi connectivity index (χ1n) is 7.37. The van der Waals surface area contributed by atoms with Crippen molar-refractivity contribution in [3.05, 3.63) is 47.8 Å². The van der Waals surface area contributed by atoms with Crippen LogP contribution in [-0.4, -0.2) is 34.6 Å². The minimum Gasteiger partial charge on any atom is -0.507 e. The number of ether oxygens (including phenoxy) is 2. The van der Waals surface area contributed by atoms with E-state index < -0.39 is 0 Å². The molecule has 7 nitrogen and oxygen atoms in total. The maximum atomic E-state index is 9.92. The molecule has 0 aliphatic carbocycles. The molecule has 2 N–H and O–H groups in total. The molecular weight excluding hydrogens is 324 g/mol. The van der Waals surface area contributed by atoms with Gasteiger partial charge in [0.1, 0.15) is 5.75 Å². The predicted molar refractivity (Wildman–Crippen MR) is 91.5 cm³/mol. The Balaban J connectivity index is 1.87. The van der Waals surface area contributed by atoms with Gasteiger partial charge in [-0.05, 0) is 35.9 Å². The van der Waals surface area contributed by atoms with Crippen LogP contribution in [0.5, 0.6) is 23.0 Å². The van der Waals surface area contributed by atoms with Gasteiger partial charge in [0.05, 0.1) is 19.8 Å². The first kappa shape index (κ1) is 16.4. The van der Waals surface area contributed by atoms with E-state index in [9.17, 15) is 10.2 Å². The minimum absolute atomic E-state index is 0.0645. The Morgan fingerprint density at radius 2 is 1.68 bits per heavy atom. The van der Waals surface area contributed by atoms with E-state index in [-0.39, 0.29) is 17.4 Å². The van der Waals surface area contributed by atoms with Crippen molar-refractivity contribution in [2.45, 2.75) is 0 Å². The summed E-state index contributed by atoms with van der Waals surface area (Å²) >= 11 is 0. The third-order valence-electron chi connectivity index (χ3n) is 3.50. The van der Waals surface area contributed by atoms with E-state index >= 15 is 0 Å². The van der Waals surface area contributed by atoms with E-state index in [1.54, 1.807) is 48.6 Å². The molecule has 0 saturated heterocycles. The van der Waals surface area contributed by atoms with Crippen LogP contribution in [0, 0.1) is 0 Å². The first-order valence-corrected chi connectivity index (χ1v) is 7.37. The molecule has 1 heterocycles. The number of hydrogen-bond donors (Lipinski definition) is 2. The van der Waals surface area contributed by atoms with Crippen LogP contribution < -0.4 is 9.47 Å². The molecule has 0 fully saturated rings. The monoisotopic (exact) mass is 340 g/mol. The van der Waals surface area contributed by atoms with Crippen molar-refractivity contribution in [3.63, 3.8) is 0 Å². The molecular formula is C18H16N2O5. The summed E-state index contributed by atoms with van der Waals surface area (Å²) in [6, 6.07) is 10.0. The molecule has 0 aliphatic heterocycles. The summed E-state index contributed by atoms with van der Waals surface area (Å²) in [6.45, 7) is 0. The van der Waals surface area contributed by atoms with Gasteiger partial charge in [-0.25, -0.2) is 0 Å². The molecule has 0 spiro atoms. The van der Waals surface area contributed by atoms with Crippen molar-refractivity contribution in [2.75, 3.05) is 14.2 Å². The van der Waals surface area contributed by atoms with Gasteiger partial charge in [0.25, 0.3) is 5.89 Å². The fourth-order valence-corrected chi connectivity index (χ4v) is 2.25. The van der Waals surface area contributed by atoms with E-state index in [1.165, 1.54) is 14.2 Å². The maximum absolute atomic E-state index is 9.92. The summed E-state index contributed by atoms with van der Waals surface area (Å²) in [5, 5.41) is 23.6. The van der Waals surface area contributed by atoms with Gasteiger partial charge in [0.15, 0.2) is 17.3 Å². The summed E-state index contributed by atoms with van der Waals surface area (Å²) in [6.07, 6.45) is 3.36. The van der Waals surface area contributed by atoms with Crippen molar-refractivity contribution in [2.24, 2.45) is 0 Å². The second-order valence-corrected chi connectivity index (χ2v) is 5.08. The molecule has 2 aromatic carbocycles. The summed E-state index contributed by atoms with van der Waals surface area (Å²) in [5.74, 6) is 1.14. The van der Waals surface area contributed by atoms with Gasteiger partial charge >= 0.3 is 0 Å². The Bertz CT molecular complexity index is 892. The molecule has 0 bridgehead atoms. The highest BCUT2D eigenvalue weighted by atomic mass is 16.5. The Hall–Kier alpha value is -3.48. The maximum Gasteiger partial charge on any atom is 0.261 e. The Morgan fingerprint density at radius 3 is 2.32 bits per heavy atom. The fraction of sp³-hybridized carbons (Fsp3) is 0.111. The number of aromatic nitrogens is 2. The summed E-state index contributed by atoms with van der Waals surface area (Å²) in [7, 11) is 2.92. The smallest absolute Gasteiger partial charge is 0.261 e. The van der Waals surface area contributed by atoms with Crippen LogP contribution in [0.3, 0.4) is 0 Å². The predicted octanol–water partition coefficient (Wildman–Crippen LogP) is 3.34. The van der Waals surface area contributed by atoms with Gasteiger partial charge in [-0.15, -0.1) is 0 Å². The topological polar surface area (TPSA) is 97.8 Å². The van der Waals surface area contributed by atoms with Crippen LogP contribution >= 0.6 is 0 Å². The van der Waals surface area contributed by atoms with Crippen LogP contribution in [0.2, 0.25) is 0 Å². The normalized spacial score (nSPS) is 11.0. The molecule has 3 rings (SSSR count). The highest BCUT2D eigenvalue weighted by Crippen LogP contribution is 2.37. The lowest BCUT2D eigenvalue weighted by atomic mass is 10.1. The molecule has 25 heavy (non-hydrogen) atoms. The van der Waals surface area contributed by atoms with E-state index in [0.29, 0.717) is 22.9 Å². The highest BCUT2D eigenvalue weighted by Gasteiger charge is 2.12. The molecule has 7 heteroatoms. The number of methoxy groups -OCH3 is 2. The molecule has 1 aromatic heterocycles. The minimum atomic E-state index is -0.0662. The van der Waals surface area contributed by atoms with Crippen LogP contribution in [0.4, 0.5) is 0 Å². The molecule has 3 aromatic rings. The van der Waals surface area contributed by atoms with Gasteiger partial charge in [0.2, 0.25) is 5.75 Å². The van der Waals surface area contributed by atoms with Gasteiger partial charge in [-0.1, -0.05) is 23.4 Å². The standard InChI is InChI=1S/C18H16N2O5/c1-23-14-9-11(10-15(24-2)17(14)22)7-8-16-19-18(25-20-16)12-5-3-4-6-13(12)21/h3-10,21-22H,1-2H3/b8-7+. The summed E-state index contributed by atoms with van der Waals surface area (Å²) in [4.78, 5) is 4.22. The average Bonchev–Trinajstić information content (AvgIpc) is 3.10. The number of aromatic hydroxyl groups is 2. The van der Waals surface area contributed by atoms with E-state index in [1.807, 2.05) is 0 Å². The molecule has 0 aliphatic rings. The molecule has 0 radical (unpaired) electrons. The molecule has 128 valence electrons. The van der Waals surface area contributed by atoms with Gasteiger partial charge in [-0.2, -0.15) is 4.98 Å². The van der Waals surface area contributed by atoms with Gasteiger partial charge in [0, 0.05) is 0 Å². The van der Waals surface area contributed by atoms with Crippen molar-refractivity contribution in [3.8, 4) is 34.5 Å². The fourth-order valence-electron chi connectivity index (χ4n) is 2.25. The molecule has 0 saturated carbocycles. The average molecular weight is 340 g/mol. The van der Waals surface area contributed by atoms with Gasteiger partial charge < -0.3 is 24.2 Å². The first-order chi connectivity index (χ1) is 12.1. The van der Waals surface area contributed by atoms with Crippen LogP contribution in [-0.2, 0) is 0 Å². The van der Waals surface area contributed by atoms with Crippen LogP contribution in [0.25, 0.3) is 23.6 Å². The third-order valence-corrected chi connectivity index (χ3v) is 3.50. The van der Waals surface area contributed by atoms with Gasteiger partial charge in [-0.3, -0.25) is 0 Å². The van der Waals surface area contributed by atoms with Crippen molar-refractivity contribution >= 4 is 12.2 Å². The second kappa shape index (κ2) is 6.96. The zero-order valence-corrected chi connectivity index (χ0v) is 13.6.